The molecular weight excluding hydrogens is 270 g/mol. The van der Waals surface area contributed by atoms with E-state index in [9.17, 15) is 9.59 Å². The molecule has 0 spiro atoms. The summed E-state index contributed by atoms with van der Waals surface area (Å²) < 4.78 is 5.40. The van der Waals surface area contributed by atoms with Crippen LogP contribution in [0.4, 0.5) is 5.69 Å². The van der Waals surface area contributed by atoms with Crippen LogP contribution < -0.4 is 4.90 Å². The number of carbonyl (C=O) groups is 2. The minimum Gasteiger partial charge on any atom is -0.478 e. The molecule has 0 radical (unpaired) electrons. The fourth-order valence-corrected chi connectivity index (χ4v) is 2.71. The Hall–Kier alpha value is -2.56. The van der Waals surface area contributed by atoms with Gasteiger partial charge in [0.15, 0.2) is 0 Å². The highest BCUT2D eigenvalue weighted by Crippen LogP contribution is 2.31. The van der Waals surface area contributed by atoms with E-state index in [1.807, 2.05) is 0 Å². The van der Waals surface area contributed by atoms with Crippen molar-refractivity contribution in [1.29, 1.82) is 0 Å². The molecule has 0 aliphatic carbocycles. The largest absolute Gasteiger partial charge is 0.478 e. The van der Waals surface area contributed by atoms with E-state index in [0.717, 1.165) is 12.0 Å². The molecule has 0 bridgehead atoms. The molecule has 0 atom stereocenters. The number of hydrogen-bond acceptors (Lipinski definition) is 3. The maximum absolute atomic E-state index is 12.6. The number of rotatable bonds is 2. The van der Waals surface area contributed by atoms with Crippen LogP contribution in [-0.4, -0.2) is 23.5 Å². The molecule has 0 fully saturated rings. The first-order valence-corrected chi connectivity index (χ1v) is 6.72. The number of aryl methyl sites for hydroxylation is 2. The number of carboxylic acid groups (broad SMARTS) is 1. The molecule has 2 heterocycles. The van der Waals surface area contributed by atoms with Crippen molar-refractivity contribution in [3.8, 4) is 0 Å². The van der Waals surface area contributed by atoms with E-state index in [4.69, 9.17) is 9.52 Å². The van der Waals surface area contributed by atoms with Crippen LogP contribution in [-0.2, 0) is 6.42 Å². The van der Waals surface area contributed by atoms with Gasteiger partial charge in [0.05, 0.1) is 11.1 Å². The Morgan fingerprint density at radius 3 is 2.62 bits per heavy atom. The quantitative estimate of drug-likeness (QED) is 0.921. The van der Waals surface area contributed by atoms with E-state index < -0.39 is 5.97 Å². The van der Waals surface area contributed by atoms with Crippen molar-refractivity contribution in [3.63, 3.8) is 0 Å². The number of anilines is 1. The molecule has 5 nitrogen and oxygen atoms in total. The van der Waals surface area contributed by atoms with Crippen molar-refractivity contribution in [2.24, 2.45) is 0 Å². The van der Waals surface area contributed by atoms with Gasteiger partial charge in [0.1, 0.15) is 11.5 Å². The van der Waals surface area contributed by atoms with Gasteiger partial charge in [-0.25, -0.2) is 4.79 Å². The number of nitrogens with zero attached hydrogens (tertiary/aromatic N) is 1. The van der Waals surface area contributed by atoms with Crippen LogP contribution in [0.15, 0.2) is 28.7 Å². The van der Waals surface area contributed by atoms with Gasteiger partial charge in [-0.2, -0.15) is 0 Å². The van der Waals surface area contributed by atoms with Gasteiger partial charge in [0.25, 0.3) is 5.91 Å². The molecule has 0 saturated heterocycles. The van der Waals surface area contributed by atoms with Gasteiger partial charge < -0.3 is 14.4 Å². The van der Waals surface area contributed by atoms with Crippen LogP contribution in [0.3, 0.4) is 0 Å². The lowest BCUT2D eigenvalue weighted by molar-refractivity contribution is 0.0696. The topological polar surface area (TPSA) is 70.8 Å². The van der Waals surface area contributed by atoms with Crippen LogP contribution in [0.25, 0.3) is 0 Å². The van der Waals surface area contributed by atoms with E-state index >= 15 is 0 Å². The average molecular weight is 285 g/mol. The molecule has 1 aliphatic heterocycles. The lowest BCUT2D eigenvalue weighted by Gasteiger charge is -2.17. The van der Waals surface area contributed by atoms with Crippen molar-refractivity contribution in [1.82, 2.24) is 0 Å². The Kier molecular flexibility index (Phi) is 3.05. The zero-order valence-corrected chi connectivity index (χ0v) is 11.8. The molecule has 2 aromatic rings. The molecule has 3 rings (SSSR count). The highest BCUT2D eigenvalue weighted by molar-refractivity contribution is 6.08. The summed E-state index contributed by atoms with van der Waals surface area (Å²) in [5.41, 5.74) is 2.39. The number of furan rings is 1. The van der Waals surface area contributed by atoms with Crippen LogP contribution >= 0.6 is 0 Å². The second-order valence-electron chi connectivity index (χ2n) is 5.18. The van der Waals surface area contributed by atoms with Crippen molar-refractivity contribution in [3.05, 3.63) is 52.5 Å². The monoisotopic (exact) mass is 285 g/mol. The SMILES string of the molecule is Cc1cc(C(=O)N2CCc3ccc(C(=O)O)cc32)c(C)o1. The number of amides is 1. The first kappa shape index (κ1) is 13.4. The molecule has 1 aromatic carbocycles. The third-order valence-corrected chi connectivity index (χ3v) is 3.74. The molecule has 0 unspecified atom stereocenters. The fourth-order valence-electron chi connectivity index (χ4n) is 2.71. The number of hydrogen-bond donors (Lipinski definition) is 1. The Labute approximate surface area is 121 Å². The van der Waals surface area contributed by atoms with Crippen LogP contribution in [0, 0.1) is 13.8 Å². The van der Waals surface area contributed by atoms with Crippen molar-refractivity contribution in [2.45, 2.75) is 20.3 Å². The zero-order chi connectivity index (χ0) is 15.1. The minimum absolute atomic E-state index is 0.148. The zero-order valence-electron chi connectivity index (χ0n) is 11.8. The van der Waals surface area contributed by atoms with Gasteiger partial charge in [-0.15, -0.1) is 0 Å². The Morgan fingerprint density at radius 2 is 2.00 bits per heavy atom. The highest BCUT2D eigenvalue weighted by atomic mass is 16.4. The molecule has 1 amide bonds. The number of carboxylic acids is 1. The Balaban J connectivity index is 2.00. The molecule has 1 aliphatic rings. The van der Waals surface area contributed by atoms with Crippen LogP contribution in [0.5, 0.6) is 0 Å². The van der Waals surface area contributed by atoms with Crippen molar-refractivity contribution in [2.75, 3.05) is 11.4 Å². The lowest BCUT2D eigenvalue weighted by atomic mass is 10.1. The minimum atomic E-state index is -0.993. The maximum atomic E-state index is 12.6. The summed E-state index contributed by atoms with van der Waals surface area (Å²) in [4.78, 5) is 25.4. The number of carbonyl (C=O) groups excluding carboxylic acids is 1. The van der Waals surface area contributed by atoms with Gasteiger partial charge in [0.2, 0.25) is 0 Å². The maximum Gasteiger partial charge on any atom is 0.335 e. The fraction of sp³-hybridized carbons (Fsp3) is 0.250. The van der Waals surface area contributed by atoms with Crippen LogP contribution in [0.2, 0.25) is 0 Å². The van der Waals surface area contributed by atoms with Crippen molar-refractivity contribution >= 4 is 17.6 Å². The van der Waals surface area contributed by atoms with Gasteiger partial charge in [-0.1, -0.05) is 6.07 Å². The summed E-state index contributed by atoms with van der Waals surface area (Å²) in [6.07, 6.45) is 0.733. The first-order chi connectivity index (χ1) is 9.97. The van der Waals surface area contributed by atoms with E-state index in [0.29, 0.717) is 29.3 Å². The van der Waals surface area contributed by atoms with Gasteiger partial charge in [-0.3, -0.25) is 4.79 Å². The average Bonchev–Trinajstić information content (AvgIpc) is 3.00. The summed E-state index contributed by atoms with van der Waals surface area (Å²) in [6, 6.07) is 6.63. The van der Waals surface area contributed by atoms with Gasteiger partial charge >= 0.3 is 5.97 Å². The molecule has 0 saturated carbocycles. The molecular formula is C16H15NO4. The molecule has 1 N–H and O–H groups in total. The normalized spacial score (nSPS) is 13.3. The first-order valence-electron chi connectivity index (χ1n) is 6.72. The molecule has 5 heteroatoms. The summed E-state index contributed by atoms with van der Waals surface area (Å²) in [7, 11) is 0. The number of aromatic carboxylic acids is 1. The summed E-state index contributed by atoms with van der Waals surface area (Å²) in [6.45, 7) is 4.11. The Morgan fingerprint density at radius 1 is 1.24 bits per heavy atom. The third-order valence-electron chi connectivity index (χ3n) is 3.74. The molecule has 108 valence electrons. The van der Waals surface area contributed by atoms with Crippen LogP contribution in [0.1, 0.15) is 37.8 Å². The Bertz CT molecular complexity index is 745. The van der Waals surface area contributed by atoms with E-state index in [2.05, 4.69) is 0 Å². The second-order valence-corrected chi connectivity index (χ2v) is 5.18. The third kappa shape index (κ3) is 2.20. The predicted molar refractivity (Wildman–Crippen MR) is 77.0 cm³/mol. The van der Waals surface area contributed by atoms with Crippen molar-refractivity contribution < 1.29 is 19.1 Å². The molecule has 1 aromatic heterocycles. The number of benzene rings is 1. The predicted octanol–water partition coefficient (Wildman–Crippen LogP) is 2.80. The lowest BCUT2D eigenvalue weighted by Crippen LogP contribution is -2.29. The smallest absolute Gasteiger partial charge is 0.335 e. The molecule has 21 heavy (non-hydrogen) atoms. The van der Waals surface area contributed by atoms with E-state index in [1.165, 1.54) is 0 Å². The van der Waals surface area contributed by atoms with E-state index in [-0.39, 0.29) is 11.5 Å². The van der Waals surface area contributed by atoms with Gasteiger partial charge in [-0.05, 0) is 44.0 Å². The van der Waals surface area contributed by atoms with E-state index in [1.54, 1.807) is 43.0 Å². The summed E-state index contributed by atoms with van der Waals surface area (Å²) >= 11 is 0. The van der Waals surface area contributed by atoms with Gasteiger partial charge in [0, 0.05) is 12.2 Å². The highest BCUT2D eigenvalue weighted by Gasteiger charge is 2.28. The number of fused-ring (bicyclic) bond motifs is 1. The summed E-state index contributed by atoms with van der Waals surface area (Å²) in [5.74, 6) is 0.132. The second kappa shape index (κ2) is 4.77. The standard InChI is InChI=1S/C16H15NO4/c1-9-7-13(10(2)21-9)15(18)17-6-5-11-3-4-12(16(19)20)8-14(11)17/h3-4,7-8H,5-6H2,1-2H3,(H,19,20). The summed E-state index contributed by atoms with van der Waals surface area (Å²) in [5, 5.41) is 9.09.